The molecule has 0 fully saturated rings. The Bertz CT molecular complexity index is 1480. The third-order valence-corrected chi connectivity index (χ3v) is 7.45. The van der Waals surface area contributed by atoms with E-state index >= 15 is 0 Å². The maximum Gasteiger partial charge on any atom is 0.275 e. The van der Waals surface area contributed by atoms with E-state index in [1.807, 2.05) is 62.5 Å². The van der Waals surface area contributed by atoms with Gasteiger partial charge in [0.25, 0.3) is 5.56 Å². The number of hydrogen-bond donors (Lipinski definition) is 1. The van der Waals surface area contributed by atoms with Gasteiger partial charge in [-0.2, -0.15) is 0 Å². The second-order valence-corrected chi connectivity index (χ2v) is 10.2. The van der Waals surface area contributed by atoms with E-state index in [9.17, 15) is 4.79 Å². The number of halogens is 1. The number of hydrogen-bond acceptors (Lipinski definition) is 6. The lowest BCUT2D eigenvalue weighted by Gasteiger charge is -2.14. The standard InChI is InChI=1S/C25H27ClN6OS/c1-27-11-4-12-31-21-10-9-18(13-19(21)29-25(31)30(2)3)32-15-28-20-14-22(34-23(20)24(32)33)16-5-7-17(26)8-6-16/h5-7,9-10,13-15,17,27H,4,8,11-12H2,1-3H3. The number of nitrogens with zero attached hydrogens (tertiary/aromatic N) is 5. The third-order valence-electron chi connectivity index (χ3n) is 5.97. The highest BCUT2D eigenvalue weighted by atomic mass is 35.5. The van der Waals surface area contributed by atoms with Crippen LogP contribution in [0.15, 0.2) is 53.6 Å². The largest absolute Gasteiger partial charge is 0.348 e. The highest BCUT2D eigenvalue weighted by molar-refractivity contribution is 7.20. The van der Waals surface area contributed by atoms with E-state index in [-0.39, 0.29) is 10.9 Å². The number of nitrogens with one attached hydrogen (secondary N) is 1. The molecule has 3 aromatic heterocycles. The van der Waals surface area contributed by atoms with Crippen LogP contribution in [0, 0.1) is 0 Å². The first kappa shape index (κ1) is 22.8. The van der Waals surface area contributed by atoms with Crippen LogP contribution in [0.1, 0.15) is 17.7 Å². The van der Waals surface area contributed by atoms with E-state index in [2.05, 4.69) is 20.9 Å². The SMILES string of the molecule is CNCCCn1c(N(C)C)nc2cc(-n3cnc4cc(C5=CCC(Cl)C=C5)sc4c3=O)ccc21. The molecule has 1 unspecified atom stereocenters. The molecule has 0 saturated carbocycles. The molecule has 1 aliphatic rings. The minimum absolute atomic E-state index is 0.0307. The van der Waals surface area contributed by atoms with E-state index in [0.717, 1.165) is 59.1 Å². The Hall–Kier alpha value is -2.94. The Balaban J connectivity index is 1.54. The Kier molecular flexibility index (Phi) is 6.29. The first-order chi connectivity index (χ1) is 16.5. The topological polar surface area (TPSA) is 68.0 Å². The molecule has 34 heavy (non-hydrogen) atoms. The quantitative estimate of drug-likeness (QED) is 0.304. The number of allylic oxidation sites excluding steroid dienone is 4. The molecule has 0 aliphatic heterocycles. The van der Waals surface area contributed by atoms with Crippen LogP contribution in [0.5, 0.6) is 0 Å². The zero-order chi connectivity index (χ0) is 23.8. The van der Waals surface area contributed by atoms with Gasteiger partial charge in [0, 0.05) is 25.5 Å². The zero-order valence-electron chi connectivity index (χ0n) is 19.5. The summed E-state index contributed by atoms with van der Waals surface area (Å²) >= 11 is 7.63. The summed E-state index contributed by atoms with van der Waals surface area (Å²) < 4.78 is 4.48. The van der Waals surface area contributed by atoms with Crippen molar-refractivity contribution >= 4 is 55.7 Å². The van der Waals surface area contributed by atoms with E-state index in [0.29, 0.717) is 10.2 Å². The number of alkyl halides is 1. The smallest absolute Gasteiger partial charge is 0.275 e. The fraction of sp³-hybridized carbons (Fsp3) is 0.320. The van der Waals surface area contributed by atoms with Crippen molar-refractivity contribution in [1.82, 2.24) is 24.4 Å². The lowest BCUT2D eigenvalue weighted by atomic mass is 10.1. The summed E-state index contributed by atoms with van der Waals surface area (Å²) in [4.78, 5) is 25.9. The zero-order valence-corrected chi connectivity index (χ0v) is 21.0. The fourth-order valence-electron chi connectivity index (χ4n) is 4.25. The molecule has 0 saturated heterocycles. The first-order valence-corrected chi connectivity index (χ1v) is 12.6. The van der Waals surface area contributed by atoms with Crippen LogP contribution in [0.4, 0.5) is 5.95 Å². The molecule has 0 amide bonds. The number of thiophene rings is 1. The lowest BCUT2D eigenvalue weighted by molar-refractivity contribution is 0.622. The van der Waals surface area contributed by atoms with Gasteiger partial charge in [0.1, 0.15) is 11.0 Å². The highest BCUT2D eigenvalue weighted by Crippen LogP contribution is 2.31. The molecular weight excluding hydrogens is 468 g/mol. The molecule has 9 heteroatoms. The molecule has 0 bridgehead atoms. The predicted octanol–water partition coefficient (Wildman–Crippen LogP) is 4.42. The van der Waals surface area contributed by atoms with Crippen LogP contribution in [-0.2, 0) is 6.54 Å². The molecular formula is C25H27ClN6OS. The van der Waals surface area contributed by atoms with Gasteiger partial charge in [-0.25, -0.2) is 9.97 Å². The van der Waals surface area contributed by atoms with Crippen molar-refractivity contribution in [2.75, 3.05) is 32.6 Å². The van der Waals surface area contributed by atoms with Crippen LogP contribution >= 0.6 is 22.9 Å². The molecule has 5 rings (SSSR count). The molecule has 0 spiro atoms. The molecule has 1 atom stereocenters. The van der Waals surface area contributed by atoms with Gasteiger partial charge >= 0.3 is 0 Å². The summed E-state index contributed by atoms with van der Waals surface area (Å²) in [5.41, 5.74) is 4.40. The van der Waals surface area contributed by atoms with Crippen molar-refractivity contribution in [3.05, 3.63) is 64.1 Å². The van der Waals surface area contributed by atoms with Gasteiger partial charge in [-0.3, -0.25) is 9.36 Å². The molecule has 1 aliphatic carbocycles. The van der Waals surface area contributed by atoms with Crippen molar-refractivity contribution in [2.45, 2.75) is 24.8 Å². The van der Waals surface area contributed by atoms with Crippen LogP contribution in [0.3, 0.4) is 0 Å². The molecule has 4 aromatic rings. The van der Waals surface area contributed by atoms with Gasteiger partial charge in [-0.1, -0.05) is 18.2 Å². The molecule has 1 aromatic carbocycles. The van der Waals surface area contributed by atoms with E-state index in [1.165, 1.54) is 11.3 Å². The summed E-state index contributed by atoms with van der Waals surface area (Å²) in [6, 6.07) is 7.96. The molecule has 1 N–H and O–H groups in total. The van der Waals surface area contributed by atoms with Crippen LogP contribution < -0.4 is 15.8 Å². The maximum absolute atomic E-state index is 13.4. The van der Waals surface area contributed by atoms with Crippen molar-refractivity contribution in [2.24, 2.45) is 0 Å². The highest BCUT2D eigenvalue weighted by Gasteiger charge is 2.16. The Labute approximate surface area is 207 Å². The summed E-state index contributed by atoms with van der Waals surface area (Å²) in [5.74, 6) is 0.903. The van der Waals surface area contributed by atoms with Crippen molar-refractivity contribution in [3.63, 3.8) is 0 Å². The Morgan fingerprint density at radius 2 is 2.12 bits per heavy atom. The van der Waals surface area contributed by atoms with Crippen LogP contribution in [0.2, 0.25) is 0 Å². The minimum Gasteiger partial charge on any atom is -0.348 e. The molecule has 3 heterocycles. The molecule has 7 nitrogen and oxygen atoms in total. The number of imidazole rings is 1. The number of benzene rings is 1. The predicted molar refractivity (Wildman–Crippen MR) is 143 cm³/mol. The number of rotatable bonds is 7. The Morgan fingerprint density at radius 1 is 1.26 bits per heavy atom. The molecule has 176 valence electrons. The van der Waals surface area contributed by atoms with Gasteiger partial charge in [-0.15, -0.1) is 22.9 Å². The fourth-order valence-corrected chi connectivity index (χ4v) is 5.47. The van der Waals surface area contributed by atoms with E-state index in [4.69, 9.17) is 16.6 Å². The average molecular weight is 495 g/mol. The number of aryl methyl sites for hydroxylation is 1. The summed E-state index contributed by atoms with van der Waals surface area (Å²) in [5, 5.41) is 3.23. The van der Waals surface area contributed by atoms with Crippen molar-refractivity contribution < 1.29 is 0 Å². The van der Waals surface area contributed by atoms with Crippen molar-refractivity contribution in [3.8, 4) is 5.69 Å². The van der Waals surface area contributed by atoms with Gasteiger partial charge in [0.15, 0.2) is 0 Å². The van der Waals surface area contributed by atoms with Gasteiger partial charge in [0.2, 0.25) is 5.95 Å². The summed E-state index contributed by atoms with van der Waals surface area (Å²) in [7, 11) is 5.96. The third kappa shape index (κ3) is 4.17. The van der Waals surface area contributed by atoms with E-state index < -0.39 is 0 Å². The van der Waals surface area contributed by atoms with Gasteiger partial charge < -0.3 is 14.8 Å². The molecule has 0 radical (unpaired) electrons. The first-order valence-electron chi connectivity index (χ1n) is 11.3. The average Bonchev–Trinajstić information content (AvgIpc) is 3.42. The summed E-state index contributed by atoms with van der Waals surface area (Å²) in [6.45, 7) is 1.80. The number of fused-ring (bicyclic) bond motifs is 2. The summed E-state index contributed by atoms with van der Waals surface area (Å²) in [6.07, 6.45) is 9.52. The number of anilines is 1. The second-order valence-electron chi connectivity index (χ2n) is 8.60. The lowest BCUT2D eigenvalue weighted by Crippen LogP contribution is -2.18. The van der Waals surface area contributed by atoms with E-state index in [1.54, 1.807) is 10.9 Å². The van der Waals surface area contributed by atoms with Crippen LogP contribution in [0.25, 0.3) is 32.5 Å². The minimum atomic E-state index is -0.0718. The maximum atomic E-state index is 13.4. The van der Waals surface area contributed by atoms with Gasteiger partial charge in [-0.05, 0) is 56.3 Å². The second kappa shape index (κ2) is 9.37. The van der Waals surface area contributed by atoms with Crippen LogP contribution in [-0.4, -0.2) is 52.2 Å². The normalized spacial score (nSPS) is 15.9. The number of aromatic nitrogens is 4. The van der Waals surface area contributed by atoms with Gasteiger partial charge in [0.05, 0.1) is 27.6 Å². The van der Waals surface area contributed by atoms with Crippen molar-refractivity contribution in [1.29, 1.82) is 0 Å². The monoisotopic (exact) mass is 494 g/mol. The Morgan fingerprint density at radius 3 is 2.85 bits per heavy atom.